The van der Waals surface area contributed by atoms with E-state index in [9.17, 15) is 13.2 Å². The lowest BCUT2D eigenvalue weighted by molar-refractivity contribution is 0.0711. The standard InChI is InChI=1S/C20H24N2O4S/c1-26-15-16-6-5-7-17(14-16)20(23)22-12-10-18(11-13-22)21-27(24,25)19-8-3-2-4-9-19/h2-9,14,18,21H,10-13,15H2,1H3. The van der Waals surface area contributed by atoms with Gasteiger partial charge in [0.25, 0.3) is 5.91 Å². The maximum absolute atomic E-state index is 12.7. The number of ether oxygens (including phenoxy) is 1. The first-order chi connectivity index (χ1) is 13.0. The van der Waals surface area contributed by atoms with Gasteiger partial charge >= 0.3 is 0 Å². The molecule has 2 aromatic carbocycles. The normalized spacial score (nSPS) is 15.7. The van der Waals surface area contributed by atoms with Gasteiger partial charge in [0.15, 0.2) is 0 Å². The Balaban J connectivity index is 1.59. The fourth-order valence-electron chi connectivity index (χ4n) is 3.23. The van der Waals surface area contributed by atoms with Gasteiger partial charge in [0.2, 0.25) is 10.0 Å². The molecule has 1 saturated heterocycles. The van der Waals surface area contributed by atoms with Gasteiger partial charge in [0.05, 0.1) is 11.5 Å². The molecule has 2 aromatic rings. The average molecular weight is 388 g/mol. The van der Waals surface area contributed by atoms with Crippen molar-refractivity contribution >= 4 is 15.9 Å². The number of carbonyl (C=O) groups is 1. The monoisotopic (exact) mass is 388 g/mol. The summed E-state index contributed by atoms with van der Waals surface area (Å²) in [5, 5.41) is 0. The Morgan fingerprint density at radius 3 is 2.48 bits per heavy atom. The number of amides is 1. The van der Waals surface area contributed by atoms with Crippen LogP contribution in [0, 0.1) is 0 Å². The number of benzene rings is 2. The van der Waals surface area contributed by atoms with E-state index in [-0.39, 0.29) is 16.8 Å². The van der Waals surface area contributed by atoms with Crippen molar-refractivity contribution in [2.45, 2.75) is 30.4 Å². The van der Waals surface area contributed by atoms with Crippen molar-refractivity contribution in [1.82, 2.24) is 9.62 Å². The molecule has 0 spiro atoms. The van der Waals surface area contributed by atoms with Crippen LogP contribution in [0.4, 0.5) is 0 Å². The molecule has 1 amide bonds. The van der Waals surface area contributed by atoms with Crippen LogP contribution in [0.15, 0.2) is 59.5 Å². The molecule has 1 N–H and O–H groups in total. The minimum Gasteiger partial charge on any atom is -0.380 e. The van der Waals surface area contributed by atoms with Gasteiger partial charge in [-0.05, 0) is 42.7 Å². The zero-order valence-corrected chi connectivity index (χ0v) is 16.1. The van der Waals surface area contributed by atoms with Gasteiger partial charge in [0.1, 0.15) is 0 Å². The molecular weight excluding hydrogens is 364 g/mol. The van der Waals surface area contributed by atoms with Crippen LogP contribution >= 0.6 is 0 Å². The van der Waals surface area contributed by atoms with E-state index in [1.807, 2.05) is 18.2 Å². The Morgan fingerprint density at radius 2 is 1.81 bits per heavy atom. The summed E-state index contributed by atoms with van der Waals surface area (Å²) < 4.78 is 32.7. The summed E-state index contributed by atoms with van der Waals surface area (Å²) in [6.45, 7) is 1.51. The SMILES string of the molecule is COCc1cccc(C(=O)N2CCC(NS(=O)(=O)c3ccccc3)CC2)c1. The predicted molar refractivity (Wildman–Crippen MR) is 103 cm³/mol. The van der Waals surface area contributed by atoms with Crippen LogP contribution in [0.1, 0.15) is 28.8 Å². The van der Waals surface area contributed by atoms with Gasteiger partial charge in [-0.3, -0.25) is 4.79 Å². The molecule has 0 bridgehead atoms. The van der Waals surface area contributed by atoms with Crippen LogP contribution in [0.2, 0.25) is 0 Å². The Kier molecular flexibility index (Phi) is 6.26. The smallest absolute Gasteiger partial charge is 0.253 e. The molecule has 7 heteroatoms. The molecule has 144 valence electrons. The fraction of sp³-hybridized carbons (Fsp3) is 0.350. The highest BCUT2D eigenvalue weighted by Gasteiger charge is 2.27. The average Bonchev–Trinajstić information content (AvgIpc) is 2.69. The number of hydrogen-bond acceptors (Lipinski definition) is 4. The van der Waals surface area contributed by atoms with Crippen LogP contribution in [0.5, 0.6) is 0 Å². The quantitative estimate of drug-likeness (QED) is 0.825. The lowest BCUT2D eigenvalue weighted by Crippen LogP contribution is -2.46. The lowest BCUT2D eigenvalue weighted by atomic mass is 10.0. The van der Waals surface area contributed by atoms with Crippen molar-refractivity contribution in [2.75, 3.05) is 20.2 Å². The third-order valence-electron chi connectivity index (χ3n) is 4.64. The van der Waals surface area contributed by atoms with Gasteiger partial charge < -0.3 is 9.64 Å². The first kappa shape index (κ1) is 19.5. The number of sulfonamides is 1. The maximum Gasteiger partial charge on any atom is 0.253 e. The van der Waals surface area contributed by atoms with Crippen LogP contribution in [-0.2, 0) is 21.4 Å². The van der Waals surface area contributed by atoms with E-state index in [2.05, 4.69) is 4.72 Å². The van der Waals surface area contributed by atoms with Gasteiger partial charge in [-0.1, -0.05) is 30.3 Å². The van der Waals surface area contributed by atoms with Crippen molar-refractivity contribution < 1.29 is 17.9 Å². The number of likely N-dealkylation sites (tertiary alicyclic amines) is 1. The van der Waals surface area contributed by atoms with E-state index in [0.29, 0.717) is 38.1 Å². The number of hydrogen-bond donors (Lipinski definition) is 1. The van der Waals surface area contributed by atoms with E-state index < -0.39 is 10.0 Å². The van der Waals surface area contributed by atoms with E-state index in [1.54, 1.807) is 48.4 Å². The summed E-state index contributed by atoms with van der Waals surface area (Å²) in [4.78, 5) is 14.8. The molecule has 6 nitrogen and oxygen atoms in total. The summed E-state index contributed by atoms with van der Waals surface area (Å²) in [5.41, 5.74) is 1.58. The summed E-state index contributed by atoms with van der Waals surface area (Å²) >= 11 is 0. The second kappa shape index (κ2) is 8.65. The number of methoxy groups -OCH3 is 1. The lowest BCUT2D eigenvalue weighted by Gasteiger charge is -2.32. The van der Waals surface area contributed by atoms with Crippen molar-refractivity contribution in [3.63, 3.8) is 0 Å². The van der Waals surface area contributed by atoms with Gasteiger partial charge in [-0.25, -0.2) is 13.1 Å². The molecule has 0 unspecified atom stereocenters. The molecule has 0 aromatic heterocycles. The Labute approximate surface area is 160 Å². The van der Waals surface area contributed by atoms with E-state index in [4.69, 9.17) is 4.74 Å². The number of rotatable bonds is 6. The molecule has 1 fully saturated rings. The first-order valence-electron chi connectivity index (χ1n) is 8.94. The molecular formula is C20H24N2O4S. The van der Waals surface area contributed by atoms with Crippen LogP contribution in [0.25, 0.3) is 0 Å². The predicted octanol–water partition coefficient (Wildman–Crippen LogP) is 2.42. The Morgan fingerprint density at radius 1 is 1.11 bits per heavy atom. The molecule has 0 atom stereocenters. The summed E-state index contributed by atoms with van der Waals surface area (Å²) in [7, 11) is -1.91. The maximum atomic E-state index is 12.7. The minimum atomic E-state index is -3.53. The second-order valence-corrected chi connectivity index (χ2v) is 8.35. The zero-order valence-electron chi connectivity index (χ0n) is 15.3. The van der Waals surface area contributed by atoms with E-state index in [1.165, 1.54) is 0 Å². The zero-order chi connectivity index (χ0) is 19.3. The molecule has 0 radical (unpaired) electrons. The minimum absolute atomic E-state index is 0.0303. The van der Waals surface area contributed by atoms with Crippen LogP contribution < -0.4 is 4.72 Å². The Hall–Kier alpha value is -2.22. The topological polar surface area (TPSA) is 75.7 Å². The van der Waals surface area contributed by atoms with Crippen LogP contribution in [0.3, 0.4) is 0 Å². The van der Waals surface area contributed by atoms with Crippen molar-refractivity contribution in [3.8, 4) is 0 Å². The molecule has 1 aliphatic rings. The summed E-state index contributed by atoms with van der Waals surface area (Å²) in [6.07, 6.45) is 1.19. The molecule has 0 aliphatic carbocycles. The fourth-order valence-corrected chi connectivity index (χ4v) is 4.56. The van der Waals surface area contributed by atoms with Crippen molar-refractivity contribution in [1.29, 1.82) is 0 Å². The van der Waals surface area contributed by atoms with Crippen molar-refractivity contribution in [3.05, 3.63) is 65.7 Å². The molecule has 1 heterocycles. The first-order valence-corrected chi connectivity index (χ1v) is 10.4. The van der Waals surface area contributed by atoms with E-state index in [0.717, 1.165) is 5.56 Å². The molecule has 0 saturated carbocycles. The third kappa shape index (κ3) is 4.94. The number of piperidine rings is 1. The highest BCUT2D eigenvalue weighted by atomic mass is 32.2. The second-order valence-electron chi connectivity index (χ2n) is 6.63. The van der Waals surface area contributed by atoms with Gasteiger partial charge in [-0.2, -0.15) is 0 Å². The number of carbonyl (C=O) groups excluding carboxylic acids is 1. The highest BCUT2D eigenvalue weighted by Crippen LogP contribution is 2.17. The van der Waals surface area contributed by atoms with Gasteiger partial charge in [0, 0.05) is 31.8 Å². The molecule has 27 heavy (non-hydrogen) atoms. The number of nitrogens with one attached hydrogen (secondary N) is 1. The highest BCUT2D eigenvalue weighted by molar-refractivity contribution is 7.89. The summed E-state index contributed by atoms with van der Waals surface area (Å²) in [6, 6.07) is 15.6. The van der Waals surface area contributed by atoms with Crippen LogP contribution in [-0.4, -0.2) is 45.5 Å². The summed E-state index contributed by atoms with van der Waals surface area (Å²) in [5.74, 6) is -0.0303. The van der Waals surface area contributed by atoms with Gasteiger partial charge in [-0.15, -0.1) is 0 Å². The largest absolute Gasteiger partial charge is 0.380 e. The molecule has 3 rings (SSSR count). The third-order valence-corrected chi connectivity index (χ3v) is 6.18. The van der Waals surface area contributed by atoms with Crippen molar-refractivity contribution in [2.24, 2.45) is 0 Å². The number of nitrogens with zero attached hydrogens (tertiary/aromatic N) is 1. The van der Waals surface area contributed by atoms with E-state index >= 15 is 0 Å². The molecule has 1 aliphatic heterocycles. The Bertz CT molecular complexity index is 876.